The van der Waals surface area contributed by atoms with E-state index in [9.17, 15) is 0 Å². The van der Waals surface area contributed by atoms with Crippen molar-refractivity contribution in [3.8, 4) is 5.75 Å². The summed E-state index contributed by atoms with van der Waals surface area (Å²) in [6.45, 7) is 6.31. The summed E-state index contributed by atoms with van der Waals surface area (Å²) >= 11 is 0. The molecule has 2 heteroatoms. The second-order valence-corrected chi connectivity index (χ2v) is 3.91. The van der Waals surface area contributed by atoms with Crippen LogP contribution in [0, 0.1) is 0 Å². The van der Waals surface area contributed by atoms with Gasteiger partial charge in [0.25, 0.3) is 0 Å². The van der Waals surface area contributed by atoms with Gasteiger partial charge in [-0.15, -0.1) is 0 Å². The fourth-order valence-electron chi connectivity index (χ4n) is 1.75. The molecule has 0 heterocycles. The first-order valence-electron chi connectivity index (χ1n) is 5.00. The van der Waals surface area contributed by atoms with Crippen LogP contribution in [-0.2, 0) is 0 Å². The first kappa shape index (κ1) is 11.1. The van der Waals surface area contributed by atoms with Crippen molar-refractivity contribution in [1.29, 1.82) is 0 Å². The van der Waals surface area contributed by atoms with Crippen LogP contribution in [0.5, 0.6) is 5.75 Å². The van der Waals surface area contributed by atoms with Gasteiger partial charge in [-0.2, -0.15) is 0 Å². The van der Waals surface area contributed by atoms with Crippen LogP contribution in [0.15, 0.2) is 18.2 Å². The van der Waals surface area contributed by atoms with Gasteiger partial charge in [-0.05, 0) is 24.5 Å². The summed E-state index contributed by atoms with van der Waals surface area (Å²) in [5.41, 5.74) is 8.33. The van der Waals surface area contributed by atoms with Crippen LogP contribution in [0.4, 0.5) is 0 Å². The molecule has 1 atom stereocenters. The number of hydrogen-bond donors (Lipinski definition) is 1. The van der Waals surface area contributed by atoms with Gasteiger partial charge in [0.15, 0.2) is 0 Å². The van der Waals surface area contributed by atoms with E-state index in [1.807, 2.05) is 19.1 Å². The van der Waals surface area contributed by atoms with Crippen molar-refractivity contribution in [2.75, 3.05) is 7.11 Å². The molecule has 2 nitrogen and oxygen atoms in total. The van der Waals surface area contributed by atoms with Crippen LogP contribution in [0.3, 0.4) is 0 Å². The van der Waals surface area contributed by atoms with Gasteiger partial charge in [0.05, 0.1) is 7.11 Å². The molecule has 1 rings (SSSR count). The zero-order valence-corrected chi connectivity index (χ0v) is 9.37. The molecule has 0 radical (unpaired) electrons. The van der Waals surface area contributed by atoms with Gasteiger partial charge in [-0.25, -0.2) is 0 Å². The predicted molar refractivity (Wildman–Crippen MR) is 59.7 cm³/mol. The Balaban J connectivity index is 3.28. The largest absolute Gasteiger partial charge is 0.496 e. The normalized spacial score (nSPS) is 13.0. The van der Waals surface area contributed by atoms with Gasteiger partial charge >= 0.3 is 0 Å². The minimum Gasteiger partial charge on any atom is -0.496 e. The quantitative estimate of drug-likeness (QED) is 0.801. The van der Waals surface area contributed by atoms with Gasteiger partial charge in [-0.1, -0.05) is 26.0 Å². The van der Waals surface area contributed by atoms with Crippen LogP contribution in [-0.4, -0.2) is 7.11 Å². The number of ether oxygens (including phenoxy) is 1. The molecule has 2 N–H and O–H groups in total. The third-order valence-electron chi connectivity index (χ3n) is 2.39. The van der Waals surface area contributed by atoms with Crippen LogP contribution < -0.4 is 10.5 Å². The molecule has 0 saturated heterocycles. The molecule has 1 unspecified atom stereocenters. The summed E-state index contributed by atoms with van der Waals surface area (Å²) in [7, 11) is 1.70. The maximum absolute atomic E-state index is 5.92. The van der Waals surface area contributed by atoms with E-state index < -0.39 is 0 Å². The predicted octanol–water partition coefficient (Wildman–Crippen LogP) is 2.84. The fourth-order valence-corrected chi connectivity index (χ4v) is 1.75. The minimum atomic E-state index is 0.0579. The third-order valence-corrected chi connectivity index (χ3v) is 2.39. The molecule has 0 aliphatic rings. The number of benzene rings is 1. The molecule has 1 aromatic carbocycles. The maximum Gasteiger partial charge on any atom is 0.122 e. The average molecular weight is 193 g/mol. The van der Waals surface area contributed by atoms with Gasteiger partial charge in [0.1, 0.15) is 5.75 Å². The summed E-state index contributed by atoms with van der Waals surface area (Å²) in [6, 6.07) is 6.11. The van der Waals surface area contributed by atoms with E-state index in [0.717, 1.165) is 5.75 Å². The topological polar surface area (TPSA) is 35.2 Å². The number of hydrogen-bond acceptors (Lipinski definition) is 2. The van der Waals surface area contributed by atoms with Crippen LogP contribution in [0.2, 0.25) is 0 Å². The average Bonchev–Trinajstić information content (AvgIpc) is 2.16. The van der Waals surface area contributed by atoms with E-state index >= 15 is 0 Å². The van der Waals surface area contributed by atoms with E-state index in [1.165, 1.54) is 11.1 Å². The molecule has 1 aromatic rings. The first-order chi connectivity index (χ1) is 6.57. The molecule has 0 amide bonds. The zero-order valence-electron chi connectivity index (χ0n) is 9.37. The monoisotopic (exact) mass is 193 g/mol. The second-order valence-electron chi connectivity index (χ2n) is 3.91. The lowest BCUT2D eigenvalue weighted by Crippen LogP contribution is -2.10. The summed E-state index contributed by atoms with van der Waals surface area (Å²) in [5.74, 6) is 1.38. The Labute approximate surface area is 86.1 Å². The van der Waals surface area contributed by atoms with Gasteiger partial charge < -0.3 is 10.5 Å². The molecule has 0 aliphatic carbocycles. The Morgan fingerprint density at radius 2 is 1.86 bits per heavy atom. The number of nitrogens with two attached hydrogens (primary N) is 1. The standard InChI is InChI=1S/C12H19NO/c1-8(2)12-10(9(3)13)6-5-7-11(12)14-4/h5-9H,13H2,1-4H3. The number of methoxy groups -OCH3 is 1. The highest BCUT2D eigenvalue weighted by Gasteiger charge is 2.14. The zero-order chi connectivity index (χ0) is 10.7. The molecule has 0 aromatic heterocycles. The van der Waals surface area contributed by atoms with E-state index in [4.69, 9.17) is 10.5 Å². The van der Waals surface area contributed by atoms with Gasteiger partial charge in [0, 0.05) is 11.6 Å². The van der Waals surface area contributed by atoms with E-state index in [1.54, 1.807) is 7.11 Å². The van der Waals surface area contributed by atoms with Crippen LogP contribution in [0.1, 0.15) is 43.9 Å². The molecule has 0 spiro atoms. The highest BCUT2D eigenvalue weighted by atomic mass is 16.5. The molecule has 0 fully saturated rings. The second kappa shape index (κ2) is 4.47. The van der Waals surface area contributed by atoms with Crippen molar-refractivity contribution >= 4 is 0 Å². The Hall–Kier alpha value is -1.02. The molecule has 0 bridgehead atoms. The number of rotatable bonds is 3. The van der Waals surface area contributed by atoms with Crippen molar-refractivity contribution < 1.29 is 4.74 Å². The highest BCUT2D eigenvalue weighted by Crippen LogP contribution is 2.32. The Morgan fingerprint density at radius 1 is 1.21 bits per heavy atom. The lowest BCUT2D eigenvalue weighted by Gasteiger charge is -2.18. The Bertz CT molecular complexity index is 305. The summed E-state index contributed by atoms with van der Waals surface area (Å²) in [4.78, 5) is 0. The van der Waals surface area contributed by atoms with E-state index in [0.29, 0.717) is 5.92 Å². The lowest BCUT2D eigenvalue weighted by molar-refractivity contribution is 0.406. The van der Waals surface area contributed by atoms with E-state index in [2.05, 4.69) is 19.9 Å². The van der Waals surface area contributed by atoms with Crippen molar-refractivity contribution in [3.63, 3.8) is 0 Å². The van der Waals surface area contributed by atoms with Crippen molar-refractivity contribution in [1.82, 2.24) is 0 Å². The molecule has 0 aliphatic heterocycles. The Morgan fingerprint density at radius 3 is 2.29 bits per heavy atom. The summed E-state index contributed by atoms with van der Waals surface area (Å²) in [5, 5.41) is 0. The lowest BCUT2D eigenvalue weighted by atomic mass is 9.93. The van der Waals surface area contributed by atoms with Gasteiger partial charge in [0.2, 0.25) is 0 Å². The molecular formula is C12H19NO. The SMILES string of the molecule is COc1cccc(C(C)N)c1C(C)C. The molecule has 14 heavy (non-hydrogen) atoms. The van der Waals surface area contributed by atoms with E-state index in [-0.39, 0.29) is 6.04 Å². The Kier molecular flexibility index (Phi) is 3.53. The molecule has 78 valence electrons. The van der Waals surface area contributed by atoms with Gasteiger partial charge in [-0.3, -0.25) is 0 Å². The van der Waals surface area contributed by atoms with Crippen molar-refractivity contribution in [2.24, 2.45) is 5.73 Å². The van der Waals surface area contributed by atoms with Crippen LogP contribution >= 0.6 is 0 Å². The third kappa shape index (κ3) is 2.07. The molecule has 0 saturated carbocycles. The fraction of sp³-hybridized carbons (Fsp3) is 0.500. The molecular weight excluding hydrogens is 174 g/mol. The summed E-state index contributed by atoms with van der Waals surface area (Å²) < 4.78 is 5.34. The summed E-state index contributed by atoms with van der Waals surface area (Å²) in [6.07, 6.45) is 0. The van der Waals surface area contributed by atoms with Crippen molar-refractivity contribution in [2.45, 2.75) is 32.7 Å². The minimum absolute atomic E-state index is 0.0579. The van der Waals surface area contributed by atoms with Crippen LogP contribution in [0.25, 0.3) is 0 Å². The maximum atomic E-state index is 5.92. The first-order valence-corrected chi connectivity index (χ1v) is 5.00. The smallest absolute Gasteiger partial charge is 0.122 e. The highest BCUT2D eigenvalue weighted by molar-refractivity contribution is 5.43. The van der Waals surface area contributed by atoms with Crippen molar-refractivity contribution in [3.05, 3.63) is 29.3 Å².